The molecule has 0 aliphatic heterocycles. The summed E-state index contributed by atoms with van der Waals surface area (Å²) in [6.07, 6.45) is 5.18. The van der Waals surface area contributed by atoms with Crippen molar-refractivity contribution in [3.05, 3.63) is 28.2 Å². The molecule has 2 nitrogen and oxygen atoms in total. The van der Waals surface area contributed by atoms with Gasteiger partial charge in [-0.15, -0.1) is 0 Å². The molecule has 1 N–H and O–H groups in total. The molecule has 1 fully saturated rings. The first-order chi connectivity index (χ1) is 9.63. The number of nitrogens with one attached hydrogen (secondary N) is 1. The first-order valence-electron chi connectivity index (χ1n) is 7.69. The molecule has 1 aliphatic rings. The molecule has 0 saturated heterocycles. The van der Waals surface area contributed by atoms with Gasteiger partial charge in [-0.25, -0.2) is 0 Å². The second kappa shape index (κ2) is 7.46. The zero-order valence-corrected chi connectivity index (χ0v) is 14.4. The van der Waals surface area contributed by atoms with Crippen LogP contribution in [0.3, 0.4) is 0 Å². The van der Waals surface area contributed by atoms with Crippen LogP contribution in [0.5, 0.6) is 5.75 Å². The minimum atomic E-state index is 0.577. The van der Waals surface area contributed by atoms with E-state index in [0.29, 0.717) is 6.04 Å². The molecule has 112 valence electrons. The monoisotopic (exact) mass is 339 g/mol. The lowest BCUT2D eigenvalue weighted by Crippen LogP contribution is -2.37. The van der Waals surface area contributed by atoms with Crippen molar-refractivity contribution >= 4 is 15.9 Å². The highest BCUT2D eigenvalue weighted by Crippen LogP contribution is 2.35. The number of ether oxygens (including phenoxy) is 1. The summed E-state index contributed by atoms with van der Waals surface area (Å²) in [5.41, 5.74) is 1.34. The Hall–Kier alpha value is -0.540. The van der Waals surface area contributed by atoms with Crippen LogP contribution in [0.1, 0.15) is 38.7 Å². The molecule has 0 spiro atoms. The van der Waals surface area contributed by atoms with Crippen LogP contribution in [0.25, 0.3) is 0 Å². The van der Waals surface area contributed by atoms with Gasteiger partial charge in [0.2, 0.25) is 0 Å². The summed E-state index contributed by atoms with van der Waals surface area (Å²) in [5.74, 6) is 2.64. The zero-order valence-electron chi connectivity index (χ0n) is 12.8. The van der Waals surface area contributed by atoms with Crippen molar-refractivity contribution < 1.29 is 4.74 Å². The summed E-state index contributed by atoms with van der Waals surface area (Å²) in [6.45, 7) is 5.62. The van der Waals surface area contributed by atoms with Gasteiger partial charge in [0.05, 0.1) is 7.11 Å². The average molecular weight is 340 g/mol. The van der Waals surface area contributed by atoms with Gasteiger partial charge in [-0.1, -0.05) is 36.2 Å². The first-order valence-corrected chi connectivity index (χ1v) is 8.49. The fourth-order valence-electron chi connectivity index (χ4n) is 3.36. The molecule has 0 heterocycles. The van der Waals surface area contributed by atoms with Crippen molar-refractivity contribution in [3.63, 3.8) is 0 Å². The van der Waals surface area contributed by atoms with Crippen molar-refractivity contribution in [2.75, 3.05) is 13.7 Å². The van der Waals surface area contributed by atoms with E-state index >= 15 is 0 Å². The molecule has 0 radical (unpaired) electrons. The molecule has 20 heavy (non-hydrogen) atoms. The highest BCUT2D eigenvalue weighted by Gasteiger charge is 2.28. The fourth-order valence-corrected chi connectivity index (χ4v) is 3.76. The Morgan fingerprint density at radius 3 is 2.80 bits per heavy atom. The van der Waals surface area contributed by atoms with Gasteiger partial charge in [-0.3, -0.25) is 0 Å². The fraction of sp³-hybridized carbons (Fsp3) is 0.647. The van der Waals surface area contributed by atoms with Crippen LogP contribution < -0.4 is 10.1 Å². The van der Waals surface area contributed by atoms with Crippen LogP contribution in [0.15, 0.2) is 22.7 Å². The number of likely N-dealkylation sites (N-methyl/N-ethyl adjacent to an activating group) is 1. The maximum atomic E-state index is 5.35. The van der Waals surface area contributed by atoms with Gasteiger partial charge >= 0.3 is 0 Å². The van der Waals surface area contributed by atoms with Crippen molar-refractivity contribution in [3.8, 4) is 5.75 Å². The Morgan fingerprint density at radius 2 is 2.20 bits per heavy atom. The normalized spacial score (nSPS) is 23.8. The van der Waals surface area contributed by atoms with E-state index < -0.39 is 0 Å². The summed E-state index contributed by atoms with van der Waals surface area (Å²) < 4.78 is 6.54. The predicted octanol–water partition coefficient (Wildman–Crippen LogP) is 4.41. The Morgan fingerprint density at radius 1 is 1.40 bits per heavy atom. The molecule has 2 rings (SSSR count). The second-order valence-electron chi connectivity index (χ2n) is 6.00. The molecular weight excluding hydrogens is 314 g/mol. The molecule has 3 unspecified atom stereocenters. The van der Waals surface area contributed by atoms with E-state index in [1.54, 1.807) is 7.11 Å². The highest BCUT2D eigenvalue weighted by atomic mass is 79.9. The van der Waals surface area contributed by atoms with Gasteiger partial charge in [-0.2, -0.15) is 0 Å². The highest BCUT2D eigenvalue weighted by molar-refractivity contribution is 9.10. The summed E-state index contributed by atoms with van der Waals surface area (Å²) in [5, 5.41) is 3.70. The third-order valence-corrected chi connectivity index (χ3v) is 5.24. The number of benzene rings is 1. The van der Waals surface area contributed by atoms with Crippen LogP contribution in [0.2, 0.25) is 0 Å². The number of hydrogen-bond acceptors (Lipinski definition) is 2. The Kier molecular flexibility index (Phi) is 5.91. The molecule has 0 amide bonds. The lowest BCUT2D eigenvalue weighted by molar-refractivity contribution is 0.352. The van der Waals surface area contributed by atoms with E-state index in [2.05, 4.69) is 47.2 Å². The molecule has 0 bridgehead atoms. The van der Waals surface area contributed by atoms with Gasteiger partial charge in [0, 0.05) is 10.5 Å². The molecule has 1 aromatic carbocycles. The molecule has 3 atom stereocenters. The number of hydrogen-bond donors (Lipinski definition) is 1. The SMILES string of the molecule is CCNC(Cc1cc(OC)ccc1Br)C1CCC(C)C1. The largest absolute Gasteiger partial charge is 0.497 e. The van der Waals surface area contributed by atoms with E-state index in [9.17, 15) is 0 Å². The van der Waals surface area contributed by atoms with Gasteiger partial charge in [0.1, 0.15) is 5.75 Å². The smallest absolute Gasteiger partial charge is 0.119 e. The van der Waals surface area contributed by atoms with Gasteiger partial charge in [0.25, 0.3) is 0 Å². The summed E-state index contributed by atoms with van der Waals surface area (Å²) in [4.78, 5) is 0. The van der Waals surface area contributed by atoms with E-state index in [4.69, 9.17) is 4.74 Å². The molecule has 3 heteroatoms. The average Bonchev–Trinajstić information content (AvgIpc) is 2.87. The van der Waals surface area contributed by atoms with Crippen molar-refractivity contribution in [2.45, 2.75) is 45.6 Å². The first kappa shape index (κ1) is 15.8. The maximum absolute atomic E-state index is 5.35. The topological polar surface area (TPSA) is 21.3 Å². The van der Waals surface area contributed by atoms with Crippen molar-refractivity contribution in [1.82, 2.24) is 5.32 Å². The van der Waals surface area contributed by atoms with Crippen LogP contribution in [-0.2, 0) is 6.42 Å². The van der Waals surface area contributed by atoms with E-state index in [0.717, 1.165) is 30.6 Å². The van der Waals surface area contributed by atoms with Gasteiger partial charge in [0.15, 0.2) is 0 Å². The molecule has 1 aromatic rings. The standard InChI is InChI=1S/C17H26BrNO/c1-4-19-17(13-6-5-12(2)9-13)11-14-10-15(20-3)7-8-16(14)18/h7-8,10,12-13,17,19H,4-6,9,11H2,1-3H3. The molecule has 0 aromatic heterocycles. The number of rotatable bonds is 6. The van der Waals surface area contributed by atoms with Crippen molar-refractivity contribution in [1.29, 1.82) is 0 Å². The zero-order chi connectivity index (χ0) is 14.5. The lowest BCUT2D eigenvalue weighted by atomic mass is 9.91. The van der Waals surface area contributed by atoms with Crippen LogP contribution >= 0.6 is 15.9 Å². The van der Waals surface area contributed by atoms with Crippen LogP contribution in [0, 0.1) is 11.8 Å². The van der Waals surface area contributed by atoms with Crippen molar-refractivity contribution in [2.24, 2.45) is 11.8 Å². The van der Waals surface area contributed by atoms with Crippen LogP contribution in [0.4, 0.5) is 0 Å². The lowest BCUT2D eigenvalue weighted by Gasteiger charge is -2.25. The molecule has 1 aliphatic carbocycles. The summed E-state index contributed by atoms with van der Waals surface area (Å²) in [6, 6.07) is 6.84. The molecule has 1 saturated carbocycles. The van der Waals surface area contributed by atoms with E-state index in [-0.39, 0.29) is 0 Å². The van der Waals surface area contributed by atoms with E-state index in [1.807, 2.05) is 6.07 Å². The Bertz CT molecular complexity index is 435. The maximum Gasteiger partial charge on any atom is 0.119 e. The predicted molar refractivity (Wildman–Crippen MR) is 88.4 cm³/mol. The van der Waals surface area contributed by atoms with Gasteiger partial charge < -0.3 is 10.1 Å². The molecular formula is C17H26BrNO. The third-order valence-electron chi connectivity index (χ3n) is 4.46. The van der Waals surface area contributed by atoms with E-state index in [1.165, 1.54) is 29.3 Å². The second-order valence-corrected chi connectivity index (χ2v) is 6.86. The Labute approximate surface area is 131 Å². The Balaban J connectivity index is 2.11. The summed E-state index contributed by atoms with van der Waals surface area (Å²) in [7, 11) is 1.73. The van der Waals surface area contributed by atoms with Crippen LogP contribution in [-0.4, -0.2) is 19.7 Å². The summed E-state index contributed by atoms with van der Waals surface area (Å²) >= 11 is 3.68. The number of halogens is 1. The minimum absolute atomic E-state index is 0.577. The third kappa shape index (κ3) is 3.98. The quantitative estimate of drug-likeness (QED) is 0.828. The minimum Gasteiger partial charge on any atom is -0.497 e. The number of methoxy groups -OCH3 is 1. The van der Waals surface area contributed by atoms with Gasteiger partial charge in [-0.05, 0) is 61.4 Å².